The lowest BCUT2D eigenvalue weighted by molar-refractivity contribution is -0.384. The fourth-order valence-corrected chi connectivity index (χ4v) is 1.48. The summed E-state index contributed by atoms with van der Waals surface area (Å²) in [5.41, 5.74) is 1.20. The molecule has 0 unspecified atom stereocenters. The predicted octanol–water partition coefficient (Wildman–Crippen LogP) is 5.44. The van der Waals surface area contributed by atoms with Crippen LogP contribution in [0.3, 0.4) is 0 Å². The van der Waals surface area contributed by atoms with E-state index in [1.807, 2.05) is 34.5 Å². The van der Waals surface area contributed by atoms with E-state index in [2.05, 4.69) is 5.18 Å². The number of benzene rings is 2. The number of nitro benzene ring substituents is 1. The van der Waals surface area contributed by atoms with Crippen LogP contribution in [0, 0.1) is 15.0 Å². The van der Waals surface area contributed by atoms with Gasteiger partial charge in [-0.25, -0.2) is 0 Å². The topological polar surface area (TPSA) is 98.9 Å². The number of nitro groups is 1. The third-order valence-corrected chi connectivity index (χ3v) is 2.49. The molecule has 25 heavy (non-hydrogen) atoms. The highest BCUT2D eigenvalue weighted by atomic mass is 16.6. The third-order valence-electron chi connectivity index (χ3n) is 2.49. The average Bonchev–Trinajstić information content (AvgIpc) is 2.71. The van der Waals surface area contributed by atoms with Gasteiger partial charge in [-0.05, 0) is 47.1 Å². The first-order valence-electron chi connectivity index (χ1n) is 7.77. The fourth-order valence-electron chi connectivity index (χ4n) is 1.48. The van der Waals surface area contributed by atoms with Crippen molar-refractivity contribution in [1.29, 1.82) is 0 Å². The minimum absolute atomic E-state index is 0.0464. The number of ether oxygens (including phenoxy) is 1. The molecule has 0 atom stereocenters. The molecule has 0 aromatic heterocycles. The number of nitrogens with zero attached hydrogens (tertiary/aromatic N) is 2. The summed E-state index contributed by atoms with van der Waals surface area (Å²) < 4.78 is 5.48. The van der Waals surface area contributed by atoms with E-state index < -0.39 is 4.92 Å². The van der Waals surface area contributed by atoms with E-state index in [4.69, 9.17) is 9.53 Å². The Hall–Kier alpha value is -3.09. The molecule has 0 aliphatic carbocycles. The number of carbonyl (C=O) groups excluding carboxylic acids is 1. The molecule has 0 fully saturated rings. The summed E-state index contributed by atoms with van der Waals surface area (Å²) in [4.78, 5) is 28.3. The number of carbonyl (C=O) groups is 1. The molecule has 0 saturated carbocycles. The van der Waals surface area contributed by atoms with Gasteiger partial charge in [0.1, 0.15) is 24.8 Å². The van der Waals surface area contributed by atoms with Gasteiger partial charge >= 0.3 is 0 Å². The molecule has 0 saturated heterocycles. The minimum Gasteiger partial charge on any atom is -0.489 e. The molecule has 0 heterocycles. The highest BCUT2D eigenvalue weighted by Gasteiger charge is 2.04. The quantitative estimate of drug-likeness (QED) is 0.407. The smallest absolute Gasteiger partial charge is 0.269 e. The van der Waals surface area contributed by atoms with Crippen molar-refractivity contribution in [1.82, 2.24) is 0 Å². The van der Waals surface area contributed by atoms with Crippen LogP contribution in [-0.4, -0.2) is 11.7 Å². The molecule has 0 N–H and O–H groups in total. The van der Waals surface area contributed by atoms with Gasteiger partial charge in [-0.2, -0.15) is 0 Å². The van der Waals surface area contributed by atoms with Crippen LogP contribution in [0.4, 0.5) is 11.4 Å². The van der Waals surface area contributed by atoms with E-state index in [1.54, 1.807) is 36.4 Å². The normalized spacial score (nSPS) is 8.16. The number of hydrogen-bond donors (Lipinski definition) is 0. The molecule has 136 valence electrons. The zero-order valence-corrected chi connectivity index (χ0v) is 15.0. The van der Waals surface area contributed by atoms with Gasteiger partial charge in [0.25, 0.3) is 5.69 Å². The summed E-state index contributed by atoms with van der Waals surface area (Å²) in [7, 11) is 0. The standard InChI is InChI=1S/C13H10N2O4.2C2H6.CH2O/c16-14-11-3-7-13(8-4-11)19-9-10-1-5-12(6-2-10)15(17)18;3*1-2/h1-8H,9H2;2*1-2H3;1H2. The lowest BCUT2D eigenvalue weighted by Gasteiger charge is -2.05. The van der Waals surface area contributed by atoms with Gasteiger partial charge in [0, 0.05) is 12.1 Å². The van der Waals surface area contributed by atoms with Gasteiger partial charge in [0.2, 0.25) is 0 Å². The molecule has 7 nitrogen and oxygen atoms in total. The Morgan fingerprint density at radius 3 is 1.84 bits per heavy atom. The second-order valence-corrected chi connectivity index (χ2v) is 3.80. The largest absolute Gasteiger partial charge is 0.489 e. The van der Waals surface area contributed by atoms with Crippen molar-refractivity contribution in [3.8, 4) is 5.75 Å². The van der Waals surface area contributed by atoms with Gasteiger partial charge in [-0.3, -0.25) is 10.1 Å². The maximum atomic E-state index is 10.5. The third kappa shape index (κ3) is 9.60. The minimum atomic E-state index is -0.449. The molecule has 0 amide bonds. The molecule has 0 bridgehead atoms. The maximum absolute atomic E-state index is 10.5. The zero-order valence-electron chi connectivity index (χ0n) is 15.0. The highest BCUT2D eigenvalue weighted by Crippen LogP contribution is 2.19. The van der Waals surface area contributed by atoms with Crippen molar-refractivity contribution in [2.75, 3.05) is 0 Å². The second-order valence-electron chi connectivity index (χ2n) is 3.80. The summed E-state index contributed by atoms with van der Waals surface area (Å²) in [6.45, 7) is 10.3. The van der Waals surface area contributed by atoms with E-state index in [0.717, 1.165) is 5.56 Å². The molecule has 7 heteroatoms. The number of hydrogen-bond acceptors (Lipinski definition) is 6. The summed E-state index contributed by atoms with van der Waals surface area (Å²) in [5, 5.41) is 13.3. The first-order valence-corrected chi connectivity index (χ1v) is 7.77. The average molecular weight is 348 g/mol. The van der Waals surface area contributed by atoms with Crippen LogP contribution in [0.5, 0.6) is 5.75 Å². The Kier molecular flexibility index (Phi) is 15.3. The van der Waals surface area contributed by atoms with Crippen LogP contribution in [0.15, 0.2) is 53.7 Å². The Labute approximate surface area is 147 Å². The van der Waals surface area contributed by atoms with Gasteiger partial charge in [-0.15, -0.1) is 4.91 Å². The summed E-state index contributed by atoms with van der Waals surface area (Å²) in [6, 6.07) is 12.5. The van der Waals surface area contributed by atoms with E-state index in [9.17, 15) is 15.0 Å². The molecule has 0 spiro atoms. The first-order chi connectivity index (χ1) is 12.2. The van der Waals surface area contributed by atoms with Crippen molar-refractivity contribution in [2.45, 2.75) is 34.3 Å². The molecular formula is C18H24N2O5. The lowest BCUT2D eigenvalue weighted by atomic mass is 10.2. The van der Waals surface area contributed by atoms with E-state index in [0.29, 0.717) is 18.0 Å². The Morgan fingerprint density at radius 2 is 1.44 bits per heavy atom. The van der Waals surface area contributed by atoms with Crippen LogP contribution < -0.4 is 4.74 Å². The first kappa shape index (κ1) is 24.2. The lowest BCUT2D eigenvalue weighted by Crippen LogP contribution is -1.95. The van der Waals surface area contributed by atoms with Crippen molar-refractivity contribution in [3.05, 3.63) is 69.1 Å². The highest BCUT2D eigenvalue weighted by molar-refractivity contribution is 5.41. The van der Waals surface area contributed by atoms with E-state index in [-0.39, 0.29) is 5.69 Å². The molecule has 2 aromatic carbocycles. The van der Waals surface area contributed by atoms with Crippen LogP contribution in [-0.2, 0) is 11.4 Å². The Bertz CT molecular complexity index is 598. The molecule has 0 aliphatic heterocycles. The van der Waals surface area contributed by atoms with Gasteiger partial charge in [0.15, 0.2) is 0 Å². The van der Waals surface area contributed by atoms with E-state index in [1.165, 1.54) is 12.1 Å². The van der Waals surface area contributed by atoms with Crippen molar-refractivity contribution in [2.24, 2.45) is 5.18 Å². The van der Waals surface area contributed by atoms with Crippen LogP contribution >= 0.6 is 0 Å². The molecule has 0 aliphatic rings. The zero-order chi connectivity index (χ0) is 19.7. The van der Waals surface area contributed by atoms with Crippen LogP contribution in [0.2, 0.25) is 0 Å². The van der Waals surface area contributed by atoms with Gasteiger partial charge < -0.3 is 9.53 Å². The number of nitroso groups, excluding NO2 is 1. The van der Waals surface area contributed by atoms with Crippen molar-refractivity contribution < 1.29 is 14.5 Å². The van der Waals surface area contributed by atoms with Gasteiger partial charge in [0.05, 0.1) is 4.92 Å². The molecule has 2 rings (SSSR count). The van der Waals surface area contributed by atoms with Gasteiger partial charge in [-0.1, -0.05) is 27.7 Å². The molecular weight excluding hydrogens is 324 g/mol. The maximum Gasteiger partial charge on any atom is 0.269 e. The Morgan fingerprint density at radius 1 is 0.960 bits per heavy atom. The summed E-state index contributed by atoms with van der Waals surface area (Å²) >= 11 is 0. The number of rotatable bonds is 5. The van der Waals surface area contributed by atoms with Crippen LogP contribution in [0.25, 0.3) is 0 Å². The molecule has 0 radical (unpaired) electrons. The second kappa shape index (κ2) is 15.8. The van der Waals surface area contributed by atoms with Crippen molar-refractivity contribution >= 4 is 18.2 Å². The Balaban J connectivity index is 0. The van der Waals surface area contributed by atoms with E-state index >= 15 is 0 Å². The molecule has 2 aromatic rings. The predicted molar refractivity (Wildman–Crippen MR) is 99.1 cm³/mol. The fraction of sp³-hybridized carbons (Fsp3) is 0.278. The SMILES string of the molecule is C=O.CC.CC.O=Nc1ccc(OCc2ccc([N+](=O)[O-])cc2)cc1. The summed E-state index contributed by atoms with van der Waals surface area (Å²) in [5.74, 6) is 0.603. The van der Waals surface area contributed by atoms with Crippen molar-refractivity contribution in [3.63, 3.8) is 0 Å². The monoisotopic (exact) mass is 348 g/mol. The number of non-ortho nitro benzene ring substituents is 1. The summed E-state index contributed by atoms with van der Waals surface area (Å²) in [6.07, 6.45) is 0. The van der Waals surface area contributed by atoms with Crippen LogP contribution in [0.1, 0.15) is 33.3 Å².